The highest BCUT2D eigenvalue weighted by atomic mass is 16.5. The van der Waals surface area contributed by atoms with Crippen LogP contribution < -0.4 is 10.5 Å². The molecule has 4 aromatic rings. The number of nitrogens with zero attached hydrogens (tertiary/aromatic N) is 2. The first kappa shape index (κ1) is 17.7. The molecule has 0 radical (unpaired) electrons. The monoisotopic (exact) mass is 367 g/mol. The fourth-order valence-corrected chi connectivity index (χ4v) is 3.72. The molecule has 0 aliphatic heterocycles. The van der Waals surface area contributed by atoms with Crippen LogP contribution in [0.25, 0.3) is 33.3 Å². The number of rotatable bonds is 4. The summed E-state index contributed by atoms with van der Waals surface area (Å²) in [5.74, 6) is 0.812. The van der Waals surface area contributed by atoms with Gasteiger partial charge in [0.25, 0.3) is 0 Å². The molecule has 0 spiro atoms. The van der Waals surface area contributed by atoms with Gasteiger partial charge in [-0.25, -0.2) is 0 Å². The summed E-state index contributed by atoms with van der Waals surface area (Å²) >= 11 is 0. The van der Waals surface area contributed by atoms with E-state index in [1.165, 1.54) is 0 Å². The first-order valence-corrected chi connectivity index (χ1v) is 9.23. The van der Waals surface area contributed by atoms with E-state index in [9.17, 15) is 5.26 Å². The topological polar surface area (TPSA) is 64.0 Å². The van der Waals surface area contributed by atoms with Crippen molar-refractivity contribution in [2.45, 2.75) is 13.5 Å². The van der Waals surface area contributed by atoms with Crippen LogP contribution in [0.3, 0.4) is 0 Å². The summed E-state index contributed by atoms with van der Waals surface area (Å²) < 4.78 is 7.54. The van der Waals surface area contributed by atoms with Gasteiger partial charge in [0.1, 0.15) is 11.8 Å². The van der Waals surface area contributed by atoms with Gasteiger partial charge in [0.15, 0.2) is 0 Å². The summed E-state index contributed by atoms with van der Waals surface area (Å²) in [6, 6.07) is 24.3. The van der Waals surface area contributed by atoms with Gasteiger partial charge in [-0.15, -0.1) is 0 Å². The smallest absolute Gasteiger partial charge is 0.119 e. The number of nitrogens with two attached hydrogens (primary N) is 1. The summed E-state index contributed by atoms with van der Waals surface area (Å²) in [5, 5.41) is 10.9. The van der Waals surface area contributed by atoms with E-state index in [2.05, 4.69) is 35.8 Å². The molecule has 138 valence electrons. The van der Waals surface area contributed by atoms with Crippen molar-refractivity contribution in [3.8, 4) is 34.2 Å². The molecule has 4 heteroatoms. The van der Waals surface area contributed by atoms with Gasteiger partial charge in [0, 0.05) is 23.1 Å². The predicted molar refractivity (Wildman–Crippen MR) is 114 cm³/mol. The number of nitrogen functional groups attached to an aromatic ring is 1. The van der Waals surface area contributed by atoms with Crippen molar-refractivity contribution in [3.63, 3.8) is 0 Å². The molecule has 0 atom stereocenters. The maximum absolute atomic E-state index is 9.98. The Hall–Kier alpha value is -3.71. The highest BCUT2D eigenvalue weighted by Crippen LogP contribution is 2.36. The third kappa shape index (κ3) is 2.87. The number of aryl methyl sites for hydroxylation is 1. The number of hydrogen-bond donors (Lipinski definition) is 1. The van der Waals surface area contributed by atoms with Crippen LogP contribution in [0.5, 0.6) is 5.75 Å². The van der Waals surface area contributed by atoms with Crippen LogP contribution in [0, 0.1) is 11.3 Å². The van der Waals surface area contributed by atoms with Crippen molar-refractivity contribution in [3.05, 3.63) is 72.3 Å². The first-order chi connectivity index (χ1) is 13.7. The molecule has 0 aliphatic rings. The van der Waals surface area contributed by atoms with Crippen LogP contribution >= 0.6 is 0 Å². The summed E-state index contributed by atoms with van der Waals surface area (Å²) in [6.45, 7) is 2.87. The Morgan fingerprint density at radius 2 is 1.68 bits per heavy atom. The van der Waals surface area contributed by atoms with Crippen molar-refractivity contribution in [2.75, 3.05) is 12.8 Å². The summed E-state index contributed by atoms with van der Waals surface area (Å²) in [5.41, 5.74) is 12.3. The largest absolute Gasteiger partial charge is 0.497 e. The lowest BCUT2D eigenvalue weighted by Gasteiger charge is -2.09. The van der Waals surface area contributed by atoms with Crippen molar-refractivity contribution in [1.82, 2.24) is 4.57 Å². The third-order valence-corrected chi connectivity index (χ3v) is 5.08. The zero-order chi connectivity index (χ0) is 19.7. The number of fused-ring (bicyclic) bond motifs is 1. The van der Waals surface area contributed by atoms with Crippen LogP contribution in [-0.4, -0.2) is 11.7 Å². The number of hydrogen-bond acceptors (Lipinski definition) is 3. The van der Waals surface area contributed by atoms with E-state index in [0.717, 1.165) is 45.6 Å². The number of ether oxygens (including phenoxy) is 1. The average molecular weight is 367 g/mol. The van der Waals surface area contributed by atoms with Crippen molar-refractivity contribution in [1.29, 1.82) is 5.26 Å². The van der Waals surface area contributed by atoms with Gasteiger partial charge in [-0.3, -0.25) is 0 Å². The molecular formula is C24H21N3O. The maximum Gasteiger partial charge on any atom is 0.119 e. The Morgan fingerprint density at radius 3 is 2.36 bits per heavy atom. The molecule has 0 saturated heterocycles. The highest BCUT2D eigenvalue weighted by Gasteiger charge is 2.18. The molecule has 0 amide bonds. The molecule has 4 nitrogen and oxygen atoms in total. The molecule has 1 heterocycles. The predicted octanol–water partition coefficient (Wildman–Crippen LogP) is 5.46. The van der Waals surface area contributed by atoms with Crippen LogP contribution in [0.2, 0.25) is 0 Å². The number of methoxy groups -OCH3 is 1. The van der Waals surface area contributed by atoms with Gasteiger partial charge in [0.05, 0.1) is 18.4 Å². The van der Waals surface area contributed by atoms with E-state index >= 15 is 0 Å². The minimum absolute atomic E-state index is 0.686. The molecule has 2 N–H and O–H groups in total. The number of nitriles is 1. The molecule has 3 aromatic carbocycles. The van der Waals surface area contributed by atoms with Crippen molar-refractivity contribution >= 4 is 16.6 Å². The zero-order valence-electron chi connectivity index (χ0n) is 15.9. The second-order valence-corrected chi connectivity index (χ2v) is 6.67. The van der Waals surface area contributed by atoms with E-state index in [1.807, 2.05) is 48.5 Å². The zero-order valence-corrected chi connectivity index (χ0v) is 15.9. The van der Waals surface area contributed by atoms with Crippen LogP contribution in [0.1, 0.15) is 12.5 Å². The van der Waals surface area contributed by atoms with E-state index in [4.69, 9.17) is 10.5 Å². The molecule has 0 fully saturated rings. The lowest BCUT2D eigenvalue weighted by Crippen LogP contribution is -1.97. The minimum Gasteiger partial charge on any atom is -0.497 e. The SMILES string of the molecule is CCn1c(-c2ccc(N)cc2)c(C#N)c2cc(-c3cccc(OC)c3)ccc21. The van der Waals surface area contributed by atoms with Gasteiger partial charge in [-0.05, 0) is 60.0 Å². The van der Waals surface area contributed by atoms with Crippen LogP contribution in [0.15, 0.2) is 66.7 Å². The van der Waals surface area contributed by atoms with Crippen molar-refractivity contribution < 1.29 is 4.74 Å². The molecule has 4 rings (SSSR count). The van der Waals surface area contributed by atoms with Gasteiger partial charge in [-0.2, -0.15) is 5.26 Å². The number of benzene rings is 3. The van der Waals surface area contributed by atoms with E-state index < -0.39 is 0 Å². The normalized spacial score (nSPS) is 10.8. The van der Waals surface area contributed by atoms with Crippen molar-refractivity contribution in [2.24, 2.45) is 0 Å². The molecule has 0 bridgehead atoms. The molecular weight excluding hydrogens is 346 g/mol. The Bertz CT molecular complexity index is 1200. The molecule has 0 aliphatic carbocycles. The standard InChI is InChI=1S/C24H21N3O/c1-3-27-23-12-9-18(17-5-4-6-20(13-17)28-2)14-21(23)22(15-25)24(27)16-7-10-19(26)11-8-16/h4-14H,3,26H2,1-2H3. The summed E-state index contributed by atoms with van der Waals surface area (Å²) in [7, 11) is 1.66. The second-order valence-electron chi connectivity index (χ2n) is 6.67. The fourth-order valence-electron chi connectivity index (χ4n) is 3.72. The molecule has 0 saturated carbocycles. The summed E-state index contributed by atoms with van der Waals surface area (Å²) in [4.78, 5) is 0. The lowest BCUT2D eigenvalue weighted by atomic mass is 10.0. The first-order valence-electron chi connectivity index (χ1n) is 9.23. The van der Waals surface area contributed by atoms with Gasteiger partial charge in [-0.1, -0.05) is 30.3 Å². The molecule has 28 heavy (non-hydrogen) atoms. The fraction of sp³-hybridized carbons (Fsp3) is 0.125. The Kier molecular flexibility index (Phi) is 4.50. The van der Waals surface area contributed by atoms with E-state index in [1.54, 1.807) is 7.11 Å². The van der Waals surface area contributed by atoms with E-state index in [-0.39, 0.29) is 0 Å². The molecule has 0 unspecified atom stereocenters. The quantitative estimate of drug-likeness (QED) is 0.487. The Balaban J connectivity index is 1.97. The van der Waals surface area contributed by atoms with Crippen LogP contribution in [0.4, 0.5) is 5.69 Å². The van der Waals surface area contributed by atoms with Gasteiger partial charge in [0.2, 0.25) is 0 Å². The lowest BCUT2D eigenvalue weighted by molar-refractivity contribution is 0.415. The molecule has 1 aromatic heterocycles. The third-order valence-electron chi connectivity index (χ3n) is 5.08. The number of anilines is 1. The number of aromatic nitrogens is 1. The Morgan fingerprint density at radius 1 is 0.964 bits per heavy atom. The maximum atomic E-state index is 9.98. The second kappa shape index (κ2) is 7.13. The Labute approximate surface area is 164 Å². The average Bonchev–Trinajstić information content (AvgIpc) is 3.07. The summed E-state index contributed by atoms with van der Waals surface area (Å²) in [6.07, 6.45) is 0. The van der Waals surface area contributed by atoms with Crippen LogP contribution in [-0.2, 0) is 6.54 Å². The highest BCUT2D eigenvalue weighted by molar-refractivity contribution is 5.97. The van der Waals surface area contributed by atoms with E-state index in [0.29, 0.717) is 11.3 Å². The minimum atomic E-state index is 0.686. The van der Waals surface area contributed by atoms with Gasteiger partial charge >= 0.3 is 0 Å². The van der Waals surface area contributed by atoms with Gasteiger partial charge < -0.3 is 15.0 Å².